The molecule has 1 rings (SSSR count). The van der Waals surface area contributed by atoms with E-state index in [1.54, 1.807) is 18.4 Å². The smallest absolute Gasteiger partial charge is 0.0929 e. The molecule has 0 aromatic carbocycles. The van der Waals surface area contributed by atoms with Crippen LogP contribution in [0.1, 0.15) is 43.4 Å². The summed E-state index contributed by atoms with van der Waals surface area (Å²) in [5.74, 6) is 0.731. The molecule has 1 unspecified atom stereocenters. The van der Waals surface area contributed by atoms with E-state index in [4.69, 9.17) is 10.5 Å². The zero-order valence-electron chi connectivity index (χ0n) is 10.4. The van der Waals surface area contributed by atoms with Gasteiger partial charge in [0.1, 0.15) is 0 Å². The summed E-state index contributed by atoms with van der Waals surface area (Å²) < 4.78 is 5.02. The molecule has 0 spiro atoms. The first-order valence-electron chi connectivity index (χ1n) is 5.82. The number of aryl methyl sites for hydroxylation is 1. The summed E-state index contributed by atoms with van der Waals surface area (Å²) in [6.45, 7) is 5.16. The van der Waals surface area contributed by atoms with Crippen LogP contribution in [0, 0.1) is 5.92 Å². The van der Waals surface area contributed by atoms with Crippen molar-refractivity contribution in [2.75, 3.05) is 13.7 Å². The fourth-order valence-electron chi connectivity index (χ4n) is 1.42. The van der Waals surface area contributed by atoms with E-state index in [2.05, 4.69) is 24.2 Å². The summed E-state index contributed by atoms with van der Waals surface area (Å²) in [7, 11) is 1.70. The maximum atomic E-state index is 6.01. The zero-order chi connectivity index (χ0) is 12.0. The van der Waals surface area contributed by atoms with Gasteiger partial charge in [-0.2, -0.15) is 0 Å². The van der Waals surface area contributed by atoms with Crippen molar-refractivity contribution in [1.29, 1.82) is 0 Å². The maximum Gasteiger partial charge on any atom is 0.0929 e. The van der Waals surface area contributed by atoms with Crippen LogP contribution in [-0.2, 0) is 11.2 Å². The van der Waals surface area contributed by atoms with Crippen molar-refractivity contribution in [2.45, 2.75) is 39.2 Å². The minimum Gasteiger partial charge on any atom is -0.385 e. The first-order chi connectivity index (χ1) is 7.63. The second-order valence-electron chi connectivity index (χ2n) is 4.49. The molecule has 1 atom stereocenters. The van der Waals surface area contributed by atoms with E-state index in [1.165, 1.54) is 11.4 Å². The summed E-state index contributed by atoms with van der Waals surface area (Å²) >= 11 is 1.72. The molecule has 0 bridgehead atoms. The lowest BCUT2D eigenvalue weighted by molar-refractivity contribution is 0.187. The quantitative estimate of drug-likeness (QED) is 0.800. The minimum atomic E-state index is 0.0176. The number of aromatic nitrogens is 1. The summed E-state index contributed by atoms with van der Waals surface area (Å²) in [5.41, 5.74) is 7.03. The Morgan fingerprint density at radius 2 is 2.19 bits per heavy atom. The number of thiazole rings is 1. The molecule has 3 nitrogen and oxygen atoms in total. The first kappa shape index (κ1) is 13.6. The number of nitrogens with two attached hydrogens (primary N) is 1. The van der Waals surface area contributed by atoms with Gasteiger partial charge in [0.05, 0.1) is 16.7 Å². The van der Waals surface area contributed by atoms with Gasteiger partial charge in [0.2, 0.25) is 0 Å². The lowest BCUT2D eigenvalue weighted by atomic mass is 10.1. The normalized spacial score (nSPS) is 13.3. The standard InChI is InChI=1S/C12H22N2OS/c1-9(2)4-5-12-14-11(8-16-12)10(13)6-7-15-3/h8-10H,4-7,13H2,1-3H3. The van der Waals surface area contributed by atoms with Gasteiger partial charge in [0.25, 0.3) is 0 Å². The van der Waals surface area contributed by atoms with Crippen LogP contribution in [0.25, 0.3) is 0 Å². The van der Waals surface area contributed by atoms with Gasteiger partial charge >= 0.3 is 0 Å². The largest absolute Gasteiger partial charge is 0.385 e. The van der Waals surface area contributed by atoms with Gasteiger partial charge in [0, 0.05) is 19.1 Å². The van der Waals surface area contributed by atoms with Crippen LogP contribution in [0.4, 0.5) is 0 Å². The Morgan fingerprint density at radius 3 is 2.81 bits per heavy atom. The van der Waals surface area contributed by atoms with Gasteiger partial charge in [-0.25, -0.2) is 4.98 Å². The molecule has 1 heterocycles. The van der Waals surface area contributed by atoms with Crippen LogP contribution < -0.4 is 5.73 Å². The molecule has 0 aliphatic rings. The second-order valence-corrected chi connectivity index (χ2v) is 5.43. The molecular weight excluding hydrogens is 220 g/mol. The van der Waals surface area contributed by atoms with Crippen LogP contribution in [0.5, 0.6) is 0 Å². The molecule has 0 saturated carbocycles. The van der Waals surface area contributed by atoms with E-state index in [-0.39, 0.29) is 6.04 Å². The van der Waals surface area contributed by atoms with Crippen LogP contribution >= 0.6 is 11.3 Å². The van der Waals surface area contributed by atoms with Crippen molar-refractivity contribution in [1.82, 2.24) is 4.98 Å². The number of rotatable bonds is 7. The fraction of sp³-hybridized carbons (Fsp3) is 0.750. The molecule has 0 fully saturated rings. The number of nitrogens with zero attached hydrogens (tertiary/aromatic N) is 1. The number of ether oxygens (including phenoxy) is 1. The second kappa shape index (κ2) is 6.99. The lowest BCUT2D eigenvalue weighted by Gasteiger charge is -2.07. The lowest BCUT2D eigenvalue weighted by Crippen LogP contribution is -2.13. The Bertz CT molecular complexity index is 299. The third kappa shape index (κ3) is 4.60. The van der Waals surface area contributed by atoms with Crippen LogP contribution in [0.3, 0.4) is 0 Å². The van der Waals surface area contributed by atoms with Crippen molar-refractivity contribution in [3.63, 3.8) is 0 Å². The zero-order valence-corrected chi connectivity index (χ0v) is 11.2. The van der Waals surface area contributed by atoms with Crippen molar-refractivity contribution < 1.29 is 4.74 Å². The average molecular weight is 242 g/mol. The predicted molar refractivity (Wildman–Crippen MR) is 68.7 cm³/mol. The molecule has 0 radical (unpaired) electrons. The van der Waals surface area contributed by atoms with Gasteiger partial charge < -0.3 is 10.5 Å². The van der Waals surface area contributed by atoms with Gasteiger partial charge in [-0.15, -0.1) is 11.3 Å². The highest BCUT2D eigenvalue weighted by Crippen LogP contribution is 2.19. The SMILES string of the molecule is COCCC(N)c1csc(CCC(C)C)n1. The Balaban J connectivity index is 2.43. The molecule has 16 heavy (non-hydrogen) atoms. The molecule has 0 saturated heterocycles. The number of methoxy groups -OCH3 is 1. The number of hydrogen-bond acceptors (Lipinski definition) is 4. The highest BCUT2D eigenvalue weighted by Gasteiger charge is 2.10. The van der Waals surface area contributed by atoms with Crippen molar-refractivity contribution in [3.8, 4) is 0 Å². The molecule has 92 valence electrons. The molecule has 0 aliphatic heterocycles. The third-order valence-corrected chi connectivity index (χ3v) is 3.44. The van der Waals surface area contributed by atoms with E-state index >= 15 is 0 Å². The summed E-state index contributed by atoms with van der Waals surface area (Å²) in [6.07, 6.45) is 3.10. The predicted octanol–water partition coefficient (Wildman–Crippen LogP) is 2.77. The topological polar surface area (TPSA) is 48.1 Å². The van der Waals surface area contributed by atoms with Crippen LogP contribution in [0.15, 0.2) is 5.38 Å². The van der Waals surface area contributed by atoms with Gasteiger partial charge in [-0.05, 0) is 25.2 Å². The fourth-order valence-corrected chi connectivity index (χ4v) is 2.29. The Hall–Kier alpha value is -0.450. The highest BCUT2D eigenvalue weighted by atomic mass is 32.1. The van der Waals surface area contributed by atoms with E-state index in [9.17, 15) is 0 Å². The van der Waals surface area contributed by atoms with Crippen molar-refractivity contribution in [2.24, 2.45) is 11.7 Å². The van der Waals surface area contributed by atoms with E-state index in [0.29, 0.717) is 6.61 Å². The summed E-state index contributed by atoms with van der Waals surface area (Å²) in [5, 5.41) is 3.28. The third-order valence-electron chi connectivity index (χ3n) is 2.52. The molecule has 2 N–H and O–H groups in total. The first-order valence-corrected chi connectivity index (χ1v) is 6.70. The van der Waals surface area contributed by atoms with E-state index in [0.717, 1.165) is 24.5 Å². The van der Waals surface area contributed by atoms with Gasteiger partial charge in [0.15, 0.2) is 0 Å². The Labute approximate surface area is 102 Å². The minimum absolute atomic E-state index is 0.0176. The molecule has 1 aromatic heterocycles. The number of hydrogen-bond donors (Lipinski definition) is 1. The maximum absolute atomic E-state index is 6.01. The average Bonchev–Trinajstić information content (AvgIpc) is 2.71. The molecule has 0 amide bonds. The molecular formula is C12H22N2OS. The van der Waals surface area contributed by atoms with E-state index < -0.39 is 0 Å². The molecule has 1 aromatic rings. The van der Waals surface area contributed by atoms with Crippen LogP contribution in [-0.4, -0.2) is 18.7 Å². The highest BCUT2D eigenvalue weighted by molar-refractivity contribution is 7.09. The van der Waals surface area contributed by atoms with Crippen LogP contribution in [0.2, 0.25) is 0 Å². The molecule has 0 aliphatic carbocycles. The summed E-state index contributed by atoms with van der Waals surface area (Å²) in [4.78, 5) is 4.57. The van der Waals surface area contributed by atoms with Crippen molar-refractivity contribution >= 4 is 11.3 Å². The van der Waals surface area contributed by atoms with Gasteiger partial charge in [-0.3, -0.25) is 0 Å². The van der Waals surface area contributed by atoms with E-state index in [1.807, 2.05) is 0 Å². The van der Waals surface area contributed by atoms with Crippen molar-refractivity contribution in [3.05, 3.63) is 16.1 Å². The summed E-state index contributed by atoms with van der Waals surface area (Å²) in [6, 6.07) is 0.0176. The Kier molecular flexibility index (Phi) is 5.95. The van der Waals surface area contributed by atoms with Gasteiger partial charge in [-0.1, -0.05) is 13.8 Å². The molecule has 4 heteroatoms. The Morgan fingerprint density at radius 1 is 1.44 bits per heavy atom. The monoisotopic (exact) mass is 242 g/mol.